The van der Waals surface area contributed by atoms with Crippen LogP contribution in [0.1, 0.15) is 18.1 Å². The van der Waals surface area contributed by atoms with Gasteiger partial charge in [0.05, 0.1) is 5.56 Å². The monoisotopic (exact) mass is 328 g/mol. The first-order chi connectivity index (χ1) is 10.1. The molecule has 2 aromatic carbocycles. The molecule has 116 valence electrons. The number of aliphatic carboxylic acids is 1. The van der Waals surface area contributed by atoms with Crippen molar-refractivity contribution in [3.63, 3.8) is 0 Å². The minimum absolute atomic E-state index is 0.342. The predicted molar refractivity (Wildman–Crippen MR) is 77.7 cm³/mol. The molecule has 22 heavy (non-hydrogen) atoms. The van der Waals surface area contributed by atoms with Crippen molar-refractivity contribution in [2.45, 2.75) is 18.0 Å². The molecule has 6 heteroatoms. The van der Waals surface area contributed by atoms with Crippen molar-refractivity contribution in [3.8, 4) is 11.1 Å². The molecule has 2 nitrogen and oxygen atoms in total. The molecule has 0 spiro atoms. The van der Waals surface area contributed by atoms with E-state index >= 15 is 0 Å². The number of halogens is 4. The van der Waals surface area contributed by atoms with E-state index in [-0.39, 0.29) is 0 Å². The lowest BCUT2D eigenvalue weighted by Crippen LogP contribution is -2.29. The number of carboxylic acid groups (broad SMARTS) is 1. The van der Waals surface area contributed by atoms with Crippen LogP contribution in [0.3, 0.4) is 0 Å². The van der Waals surface area contributed by atoms with Gasteiger partial charge in [0.25, 0.3) is 0 Å². The second kappa shape index (κ2) is 5.65. The van der Waals surface area contributed by atoms with Crippen molar-refractivity contribution in [3.05, 3.63) is 59.7 Å². The first-order valence-corrected chi connectivity index (χ1v) is 6.71. The fraction of sp³-hybridized carbons (Fsp3) is 0.188. The molecule has 1 N–H and O–H groups in total. The molecular weight excluding hydrogens is 317 g/mol. The standard InChI is InChI=1S/C16H12ClF3O2/c1-15(17,14(21)22)12-8-7-11(9-13(12)16(18,19)20)10-5-3-2-4-6-10/h2-9H,1H3,(H,21,22). The van der Waals surface area contributed by atoms with Gasteiger partial charge in [0.1, 0.15) is 0 Å². The van der Waals surface area contributed by atoms with Crippen molar-refractivity contribution in [2.24, 2.45) is 0 Å². The van der Waals surface area contributed by atoms with Gasteiger partial charge in [-0.2, -0.15) is 13.2 Å². The van der Waals surface area contributed by atoms with Crippen LogP contribution >= 0.6 is 11.6 Å². The predicted octanol–water partition coefficient (Wildman–Crippen LogP) is 4.91. The molecule has 0 heterocycles. The van der Waals surface area contributed by atoms with Crippen molar-refractivity contribution >= 4 is 17.6 Å². The summed E-state index contributed by atoms with van der Waals surface area (Å²) < 4.78 is 39.9. The third kappa shape index (κ3) is 3.09. The average Bonchev–Trinajstić information content (AvgIpc) is 2.46. The summed E-state index contributed by atoms with van der Waals surface area (Å²) in [7, 11) is 0. The van der Waals surface area contributed by atoms with Crippen LogP contribution < -0.4 is 0 Å². The summed E-state index contributed by atoms with van der Waals surface area (Å²) in [4.78, 5) is 9.00. The molecule has 0 aromatic heterocycles. The average molecular weight is 329 g/mol. The topological polar surface area (TPSA) is 37.3 Å². The lowest BCUT2D eigenvalue weighted by molar-refractivity contribution is -0.142. The van der Waals surface area contributed by atoms with Crippen molar-refractivity contribution in [2.75, 3.05) is 0 Å². The largest absolute Gasteiger partial charge is 0.480 e. The van der Waals surface area contributed by atoms with Crippen LogP contribution in [0.2, 0.25) is 0 Å². The highest BCUT2D eigenvalue weighted by Crippen LogP contribution is 2.41. The summed E-state index contributed by atoms with van der Waals surface area (Å²) in [6.07, 6.45) is -4.70. The van der Waals surface area contributed by atoms with Gasteiger partial charge >= 0.3 is 12.1 Å². The molecule has 0 fully saturated rings. The van der Waals surface area contributed by atoms with Gasteiger partial charge in [0.15, 0.2) is 4.87 Å². The minimum atomic E-state index is -4.70. The molecule has 0 aliphatic rings. The Bertz CT molecular complexity index is 694. The quantitative estimate of drug-likeness (QED) is 0.813. The van der Waals surface area contributed by atoms with Crippen LogP contribution in [0.4, 0.5) is 13.2 Å². The summed E-state index contributed by atoms with van der Waals surface area (Å²) in [5.41, 5.74) is -0.580. The van der Waals surface area contributed by atoms with E-state index in [1.165, 1.54) is 6.07 Å². The SMILES string of the molecule is CC(Cl)(C(=O)O)c1ccc(-c2ccccc2)cc1C(F)(F)F. The summed E-state index contributed by atoms with van der Waals surface area (Å²) >= 11 is 5.81. The van der Waals surface area contributed by atoms with E-state index < -0.39 is 28.1 Å². The van der Waals surface area contributed by atoms with Crippen molar-refractivity contribution in [1.29, 1.82) is 0 Å². The zero-order valence-corrected chi connectivity index (χ0v) is 12.2. The lowest BCUT2D eigenvalue weighted by Gasteiger charge is -2.23. The molecule has 2 rings (SSSR count). The Morgan fingerprint density at radius 2 is 1.59 bits per heavy atom. The summed E-state index contributed by atoms with van der Waals surface area (Å²) in [6.45, 7) is 1.03. The Kier molecular flexibility index (Phi) is 4.20. The number of alkyl halides is 4. The molecule has 0 saturated carbocycles. The van der Waals surface area contributed by atoms with Gasteiger partial charge in [-0.1, -0.05) is 42.5 Å². The van der Waals surface area contributed by atoms with Crippen LogP contribution in [-0.4, -0.2) is 11.1 Å². The highest BCUT2D eigenvalue weighted by atomic mass is 35.5. The van der Waals surface area contributed by atoms with E-state index in [1.807, 2.05) is 0 Å². The second-order valence-corrected chi connectivity index (χ2v) is 5.69. The third-order valence-corrected chi connectivity index (χ3v) is 3.70. The Hall–Kier alpha value is -2.01. The van der Waals surface area contributed by atoms with Crippen LogP contribution in [-0.2, 0) is 15.8 Å². The summed E-state index contributed by atoms with van der Waals surface area (Å²) in [5, 5.41) is 9.07. The molecule has 0 aliphatic carbocycles. The molecule has 0 saturated heterocycles. The number of carboxylic acids is 1. The van der Waals surface area contributed by atoms with E-state index in [4.69, 9.17) is 16.7 Å². The third-order valence-electron chi connectivity index (χ3n) is 3.34. The highest BCUT2D eigenvalue weighted by molar-refractivity contribution is 6.33. The van der Waals surface area contributed by atoms with E-state index in [9.17, 15) is 18.0 Å². The molecule has 1 unspecified atom stereocenters. The van der Waals surface area contributed by atoms with Crippen LogP contribution in [0.5, 0.6) is 0 Å². The Morgan fingerprint density at radius 3 is 2.09 bits per heavy atom. The maximum atomic E-state index is 13.3. The Morgan fingerprint density at radius 1 is 1.00 bits per heavy atom. The van der Waals surface area contributed by atoms with Crippen LogP contribution in [0.25, 0.3) is 11.1 Å². The van der Waals surface area contributed by atoms with Crippen molar-refractivity contribution < 1.29 is 23.1 Å². The normalized spacial score (nSPS) is 14.4. The highest BCUT2D eigenvalue weighted by Gasteiger charge is 2.42. The number of benzene rings is 2. The minimum Gasteiger partial charge on any atom is -0.480 e. The molecule has 0 amide bonds. The van der Waals surface area contributed by atoms with E-state index in [1.54, 1.807) is 30.3 Å². The van der Waals surface area contributed by atoms with E-state index in [0.717, 1.165) is 19.1 Å². The van der Waals surface area contributed by atoms with Gasteiger partial charge in [0, 0.05) is 0 Å². The molecule has 0 bridgehead atoms. The number of hydrogen-bond donors (Lipinski definition) is 1. The fourth-order valence-corrected chi connectivity index (χ4v) is 2.28. The maximum absolute atomic E-state index is 13.3. The molecule has 2 aromatic rings. The van der Waals surface area contributed by atoms with Gasteiger partial charge in [0.2, 0.25) is 0 Å². The summed E-state index contributed by atoms with van der Waals surface area (Å²) in [5.74, 6) is -1.54. The molecule has 1 atom stereocenters. The first kappa shape index (κ1) is 16.4. The van der Waals surface area contributed by atoms with Gasteiger partial charge in [-0.3, -0.25) is 0 Å². The van der Waals surface area contributed by atoms with Gasteiger partial charge in [-0.05, 0) is 29.7 Å². The number of rotatable bonds is 3. The van der Waals surface area contributed by atoms with Gasteiger partial charge < -0.3 is 5.11 Å². The van der Waals surface area contributed by atoms with Crippen molar-refractivity contribution in [1.82, 2.24) is 0 Å². The Labute approximate surface area is 130 Å². The van der Waals surface area contributed by atoms with E-state index in [0.29, 0.717) is 11.1 Å². The zero-order chi connectivity index (χ0) is 16.5. The second-order valence-electron chi connectivity index (χ2n) is 4.93. The number of hydrogen-bond acceptors (Lipinski definition) is 1. The summed E-state index contributed by atoms with van der Waals surface area (Å²) in [6, 6.07) is 12.0. The lowest BCUT2D eigenvalue weighted by atomic mass is 9.91. The number of carbonyl (C=O) groups is 1. The molecular formula is C16H12ClF3O2. The van der Waals surface area contributed by atoms with E-state index in [2.05, 4.69) is 0 Å². The zero-order valence-electron chi connectivity index (χ0n) is 11.5. The maximum Gasteiger partial charge on any atom is 0.416 e. The smallest absolute Gasteiger partial charge is 0.416 e. The van der Waals surface area contributed by atoms with Gasteiger partial charge in [-0.15, -0.1) is 11.6 Å². The van der Waals surface area contributed by atoms with Crippen LogP contribution in [0.15, 0.2) is 48.5 Å². The first-order valence-electron chi connectivity index (χ1n) is 6.33. The van der Waals surface area contributed by atoms with Gasteiger partial charge in [-0.25, -0.2) is 4.79 Å². The fourth-order valence-electron chi connectivity index (χ4n) is 2.11. The molecule has 0 radical (unpaired) electrons. The Balaban J connectivity index is 2.66. The molecule has 0 aliphatic heterocycles. The van der Waals surface area contributed by atoms with Crippen LogP contribution in [0, 0.1) is 0 Å².